The third-order valence-electron chi connectivity index (χ3n) is 3.52. The molecule has 2 rings (SSSR count). The lowest BCUT2D eigenvalue weighted by molar-refractivity contribution is 0.0763. The molecule has 2 atom stereocenters. The molecule has 1 fully saturated rings. The number of aliphatic hydroxyl groups is 1. The van der Waals surface area contributed by atoms with Gasteiger partial charge in [0.1, 0.15) is 0 Å². The van der Waals surface area contributed by atoms with E-state index in [0.29, 0.717) is 11.5 Å². The first-order valence-electron chi connectivity index (χ1n) is 6.32. The van der Waals surface area contributed by atoms with E-state index in [1.165, 1.54) is 6.42 Å². The van der Waals surface area contributed by atoms with Gasteiger partial charge in [0.05, 0.1) is 17.7 Å². The smallest absolute Gasteiger partial charge is 0.0992 e. The minimum Gasteiger partial charge on any atom is -0.393 e. The van der Waals surface area contributed by atoms with Gasteiger partial charge in [-0.15, -0.1) is 0 Å². The van der Waals surface area contributed by atoms with Crippen LogP contribution in [0.4, 0.5) is 5.69 Å². The quantitative estimate of drug-likeness (QED) is 0.901. The van der Waals surface area contributed by atoms with Crippen molar-refractivity contribution in [2.45, 2.75) is 31.8 Å². The SMILES string of the molecule is N#Cc1ccc(NCC2CCCCC2O)c(Br)c1. The molecule has 1 aliphatic rings. The Bertz CT molecular complexity index is 456. The number of halogens is 1. The van der Waals surface area contributed by atoms with Gasteiger partial charge in [-0.25, -0.2) is 0 Å². The lowest BCUT2D eigenvalue weighted by Gasteiger charge is -2.28. The molecule has 1 aliphatic carbocycles. The predicted molar refractivity (Wildman–Crippen MR) is 75.3 cm³/mol. The zero-order valence-corrected chi connectivity index (χ0v) is 11.8. The number of nitriles is 1. The summed E-state index contributed by atoms with van der Waals surface area (Å²) < 4.78 is 0.895. The Kier molecular flexibility index (Phi) is 4.62. The summed E-state index contributed by atoms with van der Waals surface area (Å²) in [6.45, 7) is 0.783. The van der Waals surface area contributed by atoms with Gasteiger partial charge in [-0.1, -0.05) is 12.8 Å². The monoisotopic (exact) mass is 308 g/mol. The van der Waals surface area contributed by atoms with Gasteiger partial charge in [-0.3, -0.25) is 0 Å². The predicted octanol–water partition coefficient (Wildman–Crippen LogP) is 3.28. The molecule has 2 N–H and O–H groups in total. The third kappa shape index (κ3) is 3.24. The second kappa shape index (κ2) is 6.21. The molecular formula is C14H17BrN2O. The van der Waals surface area contributed by atoms with E-state index >= 15 is 0 Å². The summed E-state index contributed by atoms with van der Waals surface area (Å²) in [6.07, 6.45) is 4.17. The first kappa shape index (κ1) is 13.4. The minimum atomic E-state index is -0.177. The topological polar surface area (TPSA) is 56.0 Å². The molecule has 4 heteroatoms. The van der Waals surface area contributed by atoms with Crippen LogP contribution in [0, 0.1) is 17.2 Å². The second-order valence-corrected chi connectivity index (χ2v) is 5.65. The minimum absolute atomic E-state index is 0.177. The third-order valence-corrected chi connectivity index (χ3v) is 4.18. The number of benzene rings is 1. The van der Waals surface area contributed by atoms with Crippen molar-refractivity contribution < 1.29 is 5.11 Å². The van der Waals surface area contributed by atoms with Gasteiger partial charge in [-0.05, 0) is 47.0 Å². The van der Waals surface area contributed by atoms with E-state index in [1.807, 2.05) is 6.07 Å². The Morgan fingerprint density at radius 3 is 2.83 bits per heavy atom. The van der Waals surface area contributed by atoms with E-state index in [-0.39, 0.29) is 6.10 Å². The van der Waals surface area contributed by atoms with Gasteiger partial charge in [0.2, 0.25) is 0 Å². The van der Waals surface area contributed by atoms with Crippen molar-refractivity contribution >= 4 is 21.6 Å². The molecule has 0 amide bonds. The van der Waals surface area contributed by atoms with Crippen LogP contribution >= 0.6 is 15.9 Å². The van der Waals surface area contributed by atoms with Crippen molar-refractivity contribution in [3.63, 3.8) is 0 Å². The number of nitrogens with zero attached hydrogens (tertiary/aromatic N) is 1. The molecule has 1 saturated carbocycles. The fourth-order valence-electron chi connectivity index (χ4n) is 2.40. The van der Waals surface area contributed by atoms with E-state index in [4.69, 9.17) is 5.26 Å². The summed E-state index contributed by atoms with van der Waals surface area (Å²) in [5.41, 5.74) is 1.62. The molecule has 2 unspecified atom stereocenters. The van der Waals surface area contributed by atoms with E-state index in [9.17, 15) is 5.11 Å². The maximum absolute atomic E-state index is 9.90. The number of anilines is 1. The maximum Gasteiger partial charge on any atom is 0.0992 e. The number of hydrogen-bond donors (Lipinski definition) is 2. The summed E-state index contributed by atoms with van der Waals surface area (Å²) in [4.78, 5) is 0. The fraction of sp³-hybridized carbons (Fsp3) is 0.500. The van der Waals surface area contributed by atoms with Crippen LogP contribution in [-0.2, 0) is 0 Å². The van der Waals surface area contributed by atoms with Crippen molar-refractivity contribution in [1.29, 1.82) is 5.26 Å². The van der Waals surface area contributed by atoms with Crippen LogP contribution in [-0.4, -0.2) is 17.8 Å². The summed E-state index contributed by atoms with van der Waals surface area (Å²) in [6, 6.07) is 7.61. The van der Waals surface area contributed by atoms with Crippen LogP contribution in [0.3, 0.4) is 0 Å². The average molecular weight is 309 g/mol. The van der Waals surface area contributed by atoms with Crippen LogP contribution in [0.2, 0.25) is 0 Å². The molecule has 0 bridgehead atoms. The van der Waals surface area contributed by atoms with Crippen LogP contribution in [0.5, 0.6) is 0 Å². The normalized spacial score (nSPS) is 23.4. The summed E-state index contributed by atoms with van der Waals surface area (Å²) in [5.74, 6) is 0.335. The van der Waals surface area contributed by atoms with Crippen LogP contribution in [0.1, 0.15) is 31.2 Å². The number of nitrogens with one attached hydrogen (secondary N) is 1. The molecule has 0 aliphatic heterocycles. The van der Waals surface area contributed by atoms with Gasteiger partial charge in [0.25, 0.3) is 0 Å². The van der Waals surface area contributed by atoms with E-state index in [0.717, 1.165) is 36.0 Å². The lowest BCUT2D eigenvalue weighted by Crippen LogP contribution is -2.30. The Morgan fingerprint density at radius 1 is 1.39 bits per heavy atom. The highest BCUT2D eigenvalue weighted by atomic mass is 79.9. The molecule has 96 valence electrons. The molecule has 18 heavy (non-hydrogen) atoms. The van der Waals surface area contributed by atoms with Crippen molar-refractivity contribution in [2.75, 3.05) is 11.9 Å². The van der Waals surface area contributed by atoms with Gasteiger partial charge in [0.15, 0.2) is 0 Å². The molecule has 0 saturated heterocycles. The van der Waals surface area contributed by atoms with Gasteiger partial charge in [0, 0.05) is 22.6 Å². The molecule has 0 spiro atoms. The van der Waals surface area contributed by atoms with E-state index in [2.05, 4.69) is 27.3 Å². The Balaban J connectivity index is 1.95. The Labute approximate surface area is 116 Å². The zero-order valence-electron chi connectivity index (χ0n) is 10.2. The standard InChI is InChI=1S/C14H17BrN2O/c15-12-7-10(8-16)5-6-13(12)17-9-11-3-1-2-4-14(11)18/h5-7,11,14,17-18H,1-4,9H2. The Hall–Kier alpha value is -1.05. The molecule has 3 nitrogen and oxygen atoms in total. The number of hydrogen-bond acceptors (Lipinski definition) is 3. The molecule has 0 radical (unpaired) electrons. The van der Waals surface area contributed by atoms with Gasteiger partial charge >= 0.3 is 0 Å². The van der Waals surface area contributed by atoms with Crippen LogP contribution in [0.15, 0.2) is 22.7 Å². The maximum atomic E-state index is 9.90. The van der Waals surface area contributed by atoms with Crippen molar-refractivity contribution in [2.24, 2.45) is 5.92 Å². The highest BCUT2D eigenvalue weighted by Gasteiger charge is 2.22. The average Bonchev–Trinajstić information content (AvgIpc) is 2.39. The van der Waals surface area contributed by atoms with Gasteiger partial charge < -0.3 is 10.4 Å². The molecule has 0 aromatic heterocycles. The van der Waals surface area contributed by atoms with Crippen molar-refractivity contribution in [1.82, 2.24) is 0 Å². The molecule has 0 heterocycles. The molecule has 1 aromatic rings. The highest BCUT2D eigenvalue weighted by Crippen LogP contribution is 2.27. The van der Waals surface area contributed by atoms with Crippen LogP contribution in [0.25, 0.3) is 0 Å². The van der Waals surface area contributed by atoms with E-state index < -0.39 is 0 Å². The molecular weight excluding hydrogens is 292 g/mol. The summed E-state index contributed by atoms with van der Waals surface area (Å²) >= 11 is 3.45. The van der Waals surface area contributed by atoms with E-state index in [1.54, 1.807) is 12.1 Å². The van der Waals surface area contributed by atoms with Crippen molar-refractivity contribution in [3.8, 4) is 6.07 Å². The highest BCUT2D eigenvalue weighted by molar-refractivity contribution is 9.10. The fourth-order valence-corrected chi connectivity index (χ4v) is 2.91. The summed E-state index contributed by atoms with van der Waals surface area (Å²) in [7, 11) is 0. The molecule has 1 aromatic carbocycles. The van der Waals surface area contributed by atoms with Crippen LogP contribution < -0.4 is 5.32 Å². The second-order valence-electron chi connectivity index (χ2n) is 4.80. The number of aliphatic hydroxyl groups excluding tert-OH is 1. The zero-order chi connectivity index (χ0) is 13.0. The largest absolute Gasteiger partial charge is 0.393 e. The number of rotatable bonds is 3. The Morgan fingerprint density at radius 2 is 2.17 bits per heavy atom. The van der Waals surface area contributed by atoms with Crippen molar-refractivity contribution in [3.05, 3.63) is 28.2 Å². The lowest BCUT2D eigenvalue weighted by atomic mass is 9.86. The van der Waals surface area contributed by atoms with Gasteiger partial charge in [-0.2, -0.15) is 5.26 Å². The first-order chi connectivity index (χ1) is 8.70. The summed E-state index contributed by atoms with van der Waals surface area (Å²) in [5, 5.41) is 22.0. The first-order valence-corrected chi connectivity index (χ1v) is 7.11.